The molecule has 3 heteroatoms. The summed E-state index contributed by atoms with van der Waals surface area (Å²) in [4.78, 5) is 0. The van der Waals surface area contributed by atoms with Crippen molar-refractivity contribution in [1.82, 2.24) is 0 Å². The molecule has 0 spiro atoms. The molecule has 0 aliphatic heterocycles. The molecule has 0 aliphatic rings. The van der Waals surface area contributed by atoms with Gasteiger partial charge in [-0.1, -0.05) is 48.5 Å². The Hall–Kier alpha value is -1.80. The third kappa shape index (κ3) is 3.11. The smallest absolute Gasteiger partial charge is 0.147 e. The summed E-state index contributed by atoms with van der Waals surface area (Å²) in [5, 5.41) is 3.39. The number of benzene rings is 2. The SMILES string of the molecule is C=C(CNc1ccc(Cl)cc1F)c1ccccc1. The zero-order chi connectivity index (χ0) is 13.0. The topological polar surface area (TPSA) is 12.0 Å². The average Bonchev–Trinajstić information content (AvgIpc) is 2.38. The Labute approximate surface area is 111 Å². The second-order valence-electron chi connectivity index (χ2n) is 3.95. The van der Waals surface area contributed by atoms with Gasteiger partial charge in [0.05, 0.1) is 5.69 Å². The van der Waals surface area contributed by atoms with Crippen LogP contribution in [-0.4, -0.2) is 6.54 Å². The first kappa shape index (κ1) is 12.7. The Balaban J connectivity index is 2.02. The lowest BCUT2D eigenvalue weighted by Crippen LogP contribution is -2.04. The van der Waals surface area contributed by atoms with Gasteiger partial charge in [-0.2, -0.15) is 0 Å². The molecule has 2 rings (SSSR count). The fourth-order valence-electron chi connectivity index (χ4n) is 1.61. The number of anilines is 1. The Morgan fingerprint density at radius 1 is 1.17 bits per heavy atom. The first-order valence-corrected chi connectivity index (χ1v) is 5.97. The number of nitrogens with one attached hydrogen (secondary N) is 1. The van der Waals surface area contributed by atoms with Gasteiger partial charge in [-0.15, -0.1) is 0 Å². The lowest BCUT2D eigenvalue weighted by Gasteiger charge is -2.10. The van der Waals surface area contributed by atoms with Gasteiger partial charge in [0.15, 0.2) is 0 Å². The minimum Gasteiger partial charge on any atom is -0.379 e. The number of rotatable bonds is 4. The summed E-state index contributed by atoms with van der Waals surface area (Å²) < 4.78 is 13.5. The van der Waals surface area contributed by atoms with Crippen molar-refractivity contribution in [2.75, 3.05) is 11.9 Å². The van der Waals surface area contributed by atoms with Crippen molar-refractivity contribution in [3.05, 3.63) is 71.5 Å². The third-order valence-corrected chi connectivity index (χ3v) is 2.84. The summed E-state index contributed by atoms with van der Waals surface area (Å²) in [6.45, 7) is 4.46. The molecule has 0 saturated heterocycles. The molecule has 0 radical (unpaired) electrons. The van der Waals surface area contributed by atoms with Gasteiger partial charge < -0.3 is 5.32 Å². The van der Waals surface area contributed by atoms with E-state index in [9.17, 15) is 4.39 Å². The van der Waals surface area contributed by atoms with Crippen molar-refractivity contribution >= 4 is 22.9 Å². The number of halogens is 2. The standard InChI is InChI=1S/C15H13ClFN/c1-11(12-5-3-2-4-6-12)10-18-15-8-7-13(16)9-14(15)17/h2-9,18H,1,10H2. The van der Waals surface area contributed by atoms with Gasteiger partial charge in [-0.25, -0.2) is 4.39 Å². The Morgan fingerprint density at radius 2 is 1.89 bits per heavy atom. The van der Waals surface area contributed by atoms with Crippen molar-refractivity contribution in [2.45, 2.75) is 0 Å². The minimum absolute atomic E-state index is 0.358. The van der Waals surface area contributed by atoms with Crippen LogP contribution in [0.2, 0.25) is 5.02 Å². The summed E-state index contributed by atoms with van der Waals surface area (Å²) >= 11 is 5.69. The summed E-state index contributed by atoms with van der Waals surface area (Å²) in [5.74, 6) is -0.358. The van der Waals surface area contributed by atoms with Crippen LogP contribution in [0.1, 0.15) is 5.56 Å². The molecular formula is C15H13ClFN. The monoisotopic (exact) mass is 261 g/mol. The predicted molar refractivity (Wildman–Crippen MR) is 75.4 cm³/mol. The van der Waals surface area contributed by atoms with Crippen LogP contribution >= 0.6 is 11.6 Å². The molecular weight excluding hydrogens is 249 g/mol. The minimum atomic E-state index is -0.358. The van der Waals surface area contributed by atoms with Gasteiger partial charge in [-0.3, -0.25) is 0 Å². The van der Waals surface area contributed by atoms with E-state index in [2.05, 4.69) is 11.9 Å². The van der Waals surface area contributed by atoms with Crippen molar-refractivity contribution in [3.8, 4) is 0 Å². The first-order valence-electron chi connectivity index (χ1n) is 5.59. The fraction of sp³-hybridized carbons (Fsp3) is 0.0667. The summed E-state index contributed by atoms with van der Waals surface area (Å²) in [7, 11) is 0. The molecule has 0 heterocycles. The van der Waals surface area contributed by atoms with Crippen LogP contribution in [0.25, 0.3) is 5.57 Å². The van der Waals surface area contributed by atoms with Crippen LogP contribution in [0.5, 0.6) is 0 Å². The molecule has 92 valence electrons. The molecule has 0 saturated carbocycles. The van der Waals surface area contributed by atoms with Crippen molar-refractivity contribution in [2.24, 2.45) is 0 Å². The number of hydrogen-bond acceptors (Lipinski definition) is 1. The van der Waals surface area contributed by atoms with Gasteiger partial charge >= 0.3 is 0 Å². The molecule has 2 aromatic rings. The van der Waals surface area contributed by atoms with E-state index in [4.69, 9.17) is 11.6 Å². The van der Waals surface area contributed by atoms with Crippen LogP contribution in [0, 0.1) is 5.82 Å². The van der Waals surface area contributed by atoms with Crippen molar-refractivity contribution < 1.29 is 4.39 Å². The summed E-state index contributed by atoms with van der Waals surface area (Å²) in [6, 6.07) is 14.4. The van der Waals surface area contributed by atoms with Gasteiger partial charge in [0.25, 0.3) is 0 Å². The maximum Gasteiger partial charge on any atom is 0.147 e. The molecule has 1 N–H and O–H groups in total. The molecule has 0 fully saturated rings. The predicted octanol–water partition coefficient (Wildman–Crippen LogP) is 4.60. The van der Waals surface area contributed by atoms with Crippen molar-refractivity contribution in [1.29, 1.82) is 0 Å². The van der Waals surface area contributed by atoms with Gasteiger partial charge in [0.2, 0.25) is 0 Å². The van der Waals surface area contributed by atoms with E-state index in [-0.39, 0.29) is 5.82 Å². The van der Waals surface area contributed by atoms with Crippen molar-refractivity contribution in [3.63, 3.8) is 0 Å². The van der Waals surface area contributed by atoms with E-state index in [0.717, 1.165) is 11.1 Å². The van der Waals surface area contributed by atoms with Gasteiger partial charge in [-0.05, 0) is 29.3 Å². The normalized spacial score (nSPS) is 10.1. The fourth-order valence-corrected chi connectivity index (χ4v) is 1.77. The first-order chi connectivity index (χ1) is 8.66. The third-order valence-electron chi connectivity index (χ3n) is 2.61. The second-order valence-corrected chi connectivity index (χ2v) is 4.38. The summed E-state index contributed by atoms with van der Waals surface area (Å²) in [5.41, 5.74) is 2.38. The maximum atomic E-state index is 13.5. The Bertz CT molecular complexity index is 552. The number of hydrogen-bond donors (Lipinski definition) is 1. The molecule has 0 unspecified atom stereocenters. The van der Waals surface area contributed by atoms with E-state index in [0.29, 0.717) is 17.3 Å². The van der Waals surface area contributed by atoms with Crippen LogP contribution < -0.4 is 5.32 Å². The molecule has 0 atom stereocenters. The maximum absolute atomic E-state index is 13.5. The highest BCUT2D eigenvalue weighted by atomic mass is 35.5. The Morgan fingerprint density at radius 3 is 2.56 bits per heavy atom. The molecule has 0 bridgehead atoms. The van der Waals surface area contributed by atoms with Crippen LogP contribution in [0.3, 0.4) is 0 Å². The van der Waals surface area contributed by atoms with E-state index < -0.39 is 0 Å². The highest BCUT2D eigenvalue weighted by molar-refractivity contribution is 6.30. The van der Waals surface area contributed by atoms with Crippen LogP contribution in [0.4, 0.5) is 10.1 Å². The highest BCUT2D eigenvalue weighted by Crippen LogP contribution is 2.20. The zero-order valence-electron chi connectivity index (χ0n) is 9.79. The van der Waals surface area contributed by atoms with E-state index in [1.54, 1.807) is 12.1 Å². The molecule has 0 aliphatic carbocycles. The van der Waals surface area contributed by atoms with Gasteiger partial charge in [0.1, 0.15) is 5.82 Å². The van der Waals surface area contributed by atoms with E-state index in [1.165, 1.54) is 6.07 Å². The zero-order valence-corrected chi connectivity index (χ0v) is 10.5. The van der Waals surface area contributed by atoms with Crippen LogP contribution in [-0.2, 0) is 0 Å². The van der Waals surface area contributed by atoms with Gasteiger partial charge in [0, 0.05) is 11.6 Å². The second kappa shape index (κ2) is 5.69. The molecule has 0 aromatic heterocycles. The largest absolute Gasteiger partial charge is 0.379 e. The molecule has 1 nitrogen and oxygen atoms in total. The van der Waals surface area contributed by atoms with E-state index in [1.807, 2.05) is 30.3 Å². The summed E-state index contributed by atoms with van der Waals surface area (Å²) in [6.07, 6.45) is 0. The average molecular weight is 262 g/mol. The highest BCUT2D eigenvalue weighted by Gasteiger charge is 2.03. The molecule has 0 amide bonds. The van der Waals surface area contributed by atoms with Crippen LogP contribution in [0.15, 0.2) is 55.1 Å². The van der Waals surface area contributed by atoms with E-state index >= 15 is 0 Å². The molecule has 2 aromatic carbocycles. The lowest BCUT2D eigenvalue weighted by atomic mass is 10.1. The molecule has 18 heavy (non-hydrogen) atoms. The Kier molecular flexibility index (Phi) is 4.00. The quantitative estimate of drug-likeness (QED) is 0.848. The lowest BCUT2D eigenvalue weighted by molar-refractivity contribution is 0.631.